The summed E-state index contributed by atoms with van der Waals surface area (Å²) in [5.74, 6) is -2.43. The van der Waals surface area contributed by atoms with Crippen molar-refractivity contribution in [1.29, 1.82) is 0 Å². The van der Waals surface area contributed by atoms with Gasteiger partial charge in [-0.1, -0.05) is 0 Å². The van der Waals surface area contributed by atoms with Crippen LogP contribution >= 0.6 is 0 Å². The largest absolute Gasteiger partial charge is 0.480 e. The first kappa shape index (κ1) is 16.3. The monoisotopic (exact) mass is 262 g/mol. The Morgan fingerprint density at radius 3 is 2.39 bits per heavy atom. The quantitative estimate of drug-likeness (QED) is 0.453. The first-order valence-electron chi connectivity index (χ1n) is 5.26. The van der Waals surface area contributed by atoms with Crippen LogP contribution in [0, 0.1) is 0 Å². The molecule has 18 heavy (non-hydrogen) atoms. The van der Waals surface area contributed by atoms with E-state index < -0.39 is 29.9 Å². The van der Waals surface area contributed by atoms with Gasteiger partial charge in [-0.25, -0.2) is 4.79 Å². The molecule has 104 valence electrons. The predicted octanol–water partition coefficient (Wildman–Crippen LogP) is -1.52. The number of esters is 1. The molecular formula is C10H18N2O6. The van der Waals surface area contributed by atoms with Gasteiger partial charge in [-0.15, -0.1) is 0 Å². The van der Waals surface area contributed by atoms with Gasteiger partial charge in [-0.2, -0.15) is 0 Å². The number of methoxy groups -OCH3 is 2. The molecule has 0 saturated heterocycles. The molecule has 8 heteroatoms. The lowest BCUT2D eigenvalue weighted by Gasteiger charge is -2.16. The number of rotatable bonds is 8. The van der Waals surface area contributed by atoms with E-state index in [4.69, 9.17) is 10.8 Å². The highest BCUT2D eigenvalue weighted by atomic mass is 16.5. The minimum absolute atomic E-state index is 0.0187. The van der Waals surface area contributed by atoms with E-state index in [0.29, 0.717) is 0 Å². The van der Waals surface area contributed by atoms with Gasteiger partial charge in [0, 0.05) is 13.5 Å². The number of carboxylic acids is 1. The van der Waals surface area contributed by atoms with Crippen LogP contribution in [0.3, 0.4) is 0 Å². The van der Waals surface area contributed by atoms with Crippen molar-refractivity contribution in [1.82, 2.24) is 5.32 Å². The van der Waals surface area contributed by atoms with E-state index in [1.54, 1.807) is 0 Å². The molecule has 0 aliphatic rings. The Balaban J connectivity index is 4.31. The van der Waals surface area contributed by atoms with Gasteiger partial charge >= 0.3 is 11.9 Å². The molecule has 1 amide bonds. The van der Waals surface area contributed by atoms with E-state index >= 15 is 0 Å². The lowest BCUT2D eigenvalue weighted by molar-refractivity contribution is -0.144. The third kappa shape index (κ3) is 6.16. The molecule has 0 rings (SSSR count). The number of ether oxygens (including phenoxy) is 2. The molecule has 0 aromatic rings. The van der Waals surface area contributed by atoms with Crippen LogP contribution in [0.1, 0.15) is 12.8 Å². The topological polar surface area (TPSA) is 128 Å². The Hall–Kier alpha value is -1.67. The molecular weight excluding hydrogens is 244 g/mol. The van der Waals surface area contributed by atoms with Crippen molar-refractivity contribution in [3.63, 3.8) is 0 Å². The summed E-state index contributed by atoms with van der Waals surface area (Å²) >= 11 is 0. The average molecular weight is 262 g/mol. The van der Waals surface area contributed by atoms with E-state index in [1.807, 2.05) is 0 Å². The van der Waals surface area contributed by atoms with Crippen molar-refractivity contribution in [2.75, 3.05) is 20.8 Å². The number of hydrogen-bond acceptors (Lipinski definition) is 6. The number of carbonyl (C=O) groups excluding carboxylic acids is 2. The number of nitrogens with one attached hydrogen (secondary N) is 1. The van der Waals surface area contributed by atoms with Crippen LogP contribution in [0.5, 0.6) is 0 Å². The molecule has 4 N–H and O–H groups in total. The molecule has 0 aliphatic carbocycles. The van der Waals surface area contributed by atoms with Crippen molar-refractivity contribution < 1.29 is 29.0 Å². The van der Waals surface area contributed by atoms with Crippen LogP contribution < -0.4 is 11.1 Å². The standard InChI is InChI=1S/C10H18N2O6/c1-17-5-6(11)9(14)12-7(10(15)16)3-4-8(13)18-2/h6-7H,3-5,11H2,1-2H3,(H,12,14)(H,15,16)/t6?,7-/m0/s1. The van der Waals surface area contributed by atoms with Gasteiger partial charge in [0.2, 0.25) is 5.91 Å². The second-order valence-electron chi connectivity index (χ2n) is 3.58. The third-order valence-electron chi connectivity index (χ3n) is 2.16. The predicted molar refractivity (Wildman–Crippen MR) is 60.7 cm³/mol. The fourth-order valence-electron chi connectivity index (χ4n) is 1.16. The summed E-state index contributed by atoms with van der Waals surface area (Å²) in [7, 11) is 2.57. The Morgan fingerprint density at radius 2 is 1.94 bits per heavy atom. The summed E-state index contributed by atoms with van der Waals surface area (Å²) in [6.07, 6.45) is -0.166. The summed E-state index contributed by atoms with van der Waals surface area (Å²) in [5.41, 5.74) is 5.44. The molecule has 0 aromatic heterocycles. The smallest absolute Gasteiger partial charge is 0.326 e. The van der Waals surface area contributed by atoms with E-state index in [9.17, 15) is 14.4 Å². The molecule has 0 fully saturated rings. The minimum Gasteiger partial charge on any atom is -0.480 e. The first-order valence-corrected chi connectivity index (χ1v) is 5.26. The van der Waals surface area contributed by atoms with Crippen molar-refractivity contribution >= 4 is 17.8 Å². The summed E-state index contributed by atoms with van der Waals surface area (Å²) < 4.78 is 9.06. The molecule has 0 bridgehead atoms. The van der Waals surface area contributed by atoms with Gasteiger partial charge in [0.1, 0.15) is 12.1 Å². The molecule has 0 saturated carbocycles. The zero-order chi connectivity index (χ0) is 14.1. The van der Waals surface area contributed by atoms with Crippen molar-refractivity contribution in [3.8, 4) is 0 Å². The molecule has 0 aliphatic heterocycles. The maximum atomic E-state index is 11.5. The van der Waals surface area contributed by atoms with Crippen LogP contribution in [0.15, 0.2) is 0 Å². The van der Waals surface area contributed by atoms with Crippen LogP contribution in [0.25, 0.3) is 0 Å². The third-order valence-corrected chi connectivity index (χ3v) is 2.16. The van der Waals surface area contributed by atoms with E-state index in [2.05, 4.69) is 14.8 Å². The molecule has 0 aromatic carbocycles. The van der Waals surface area contributed by atoms with Crippen LogP contribution in [-0.2, 0) is 23.9 Å². The van der Waals surface area contributed by atoms with Crippen molar-refractivity contribution in [3.05, 3.63) is 0 Å². The highest BCUT2D eigenvalue weighted by molar-refractivity contribution is 5.87. The lowest BCUT2D eigenvalue weighted by Crippen LogP contribution is -2.50. The number of hydrogen-bond donors (Lipinski definition) is 3. The number of carboxylic acid groups (broad SMARTS) is 1. The summed E-state index contributed by atoms with van der Waals surface area (Å²) in [4.78, 5) is 33.2. The number of aliphatic carboxylic acids is 1. The van der Waals surface area contributed by atoms with Crippen LogP contribution in [0.2, 0.25) is 0 Å². The van der Waals surface area contributed by atoms with Crippen molar-refractivity contribution in [2.45, 2.75) is 24.9 Å². The van der Waals surface area contributed by atoms with Gasteiger partial charge < -0.3 is 25.6 Å². The van der Waals surface area contributed by atoms with E-state index in [-0.39, 0.29) is 19.4 Å². The molecule has 0 spiro atoms. The normalized spacial score (nSPS) is 13.5. The van der Waals surface area contributed by atoms with Gasteiger partial charge in [-0.05, 0) is 6.42 Å². The second-order valence-corrected chi connectivity index (χ2v) is 3.58. The van der Waals surface area contributed by atoms with Gasteiger partial charge in [0.15, 0.2) is 0 Å². The molecule has 1 unspecified atom stereocenters. The Labute approximate surface area is 104 Å². The Kier molecular flexibility index (Phi) is 7.64. The Morgan fingerprint density at radius 1 is 1.33 bits per heavy atom. The number of carbonyl (C=O) groups is 3. The maximum Gasteiger partial charge on any atom is 0.326 e. The van der Waals surface area contributed by atoms with Gasteiger partial charge in [0.05, 0.1) is 13.7 Å². The highest BCUT2D eigenvalue weighted by Gasteiger charge is 2.23. The fourth-order valence-corrected chi connectivity index (χ4v) is 1.16. The minimum atomic E-state index is -1.24. The summed E-state index contributed by atoms with van der Waals surface area (Å²) in [5, 5.41) is 11.1. The fraction of sp³-hybridized carbons (Fsp3) is 0.700. The van der Waals surface area contributed by atoms with Crippen LogP contribution in [-0.4, -0.2) is 55.9 Å². The molecule has 2 atom stereocenters. The average Bonchev–Trinajstić information content (AvgIpc) is 2.33. The van der Waals surface area contributed by atoms with Gasteiger partial charge in [-0.3, -0.25) is 9.59 Å². The second kappa shape index (κ2) is 8.43. The first-order chi connectivity index (χ1) is 8.42. The zero-order valence-corrected chi connectivity index (χ0v) is 10.3. The number of nitrogens with two attached hydrogens (primary N) is 1. The number of amides is 1. The Bertz CT molecular complexity index is 307. The maximum absolute atomic E-state index is 11.5. The summed E-state index contributed by atoms with van der Waals surface area (Å²) in [6.45, 7) is -0.0187. The molecule has 0 radical (unpaired) electrons. The highest BCUT2D eigenvalue weighted by Crippen LogP contribution is 2.00. The van der Waals surface area contributed by atoms with Crippen molar-refractivity contribution in [2.24, 2.45) is 5.73 Å². The lowest BCUT2D eigenvalue weighted by atomic mass is 10.1. The van der Waals surface area contributed by atoms with E-state index in [0.717, 1.165) is 0 Å². The zero-order valence-electron chi connectivity index (χ0n) is 10.3. The molecule has 0 heterocycles. The molecule has 8 nitrogen and oxygen atoms in total. The SMILES string of the molecule is COCC(N)C(=O)N[C@@H](CCC(=O)OC)C(=O)O. The van der Waals surface area contributed by atoms with Crippen LogP contribution in [0.4, 0.5) is 0 Å². The summed E-state index contributed by atoms with van der Waals surface area (Å²) in [6, 6.07) is -2.13. The van der Waals surface area contributed by atoms with Gasteiger partial charge in [0.25, 0.3) is 0 Å². The van der Waals surface area contributed by atoms with E-state index in [1.165, 1.54) is 14.2 Å².